The minimum absolute atomic E-state index is 0.632. The van der Waals surface area contributed by atoms with Gasteiger partial charge >= 0.3 is 0 Å². The van der Waals surface area contributed by atoms with Crippen LogP contribution in [0, 0.1) is 40.9 Å². The van der Waals surface area contributed by atoms with Crippen molar-refractivity contribution in [1.29, 1.82) is 0 Å². The summed E-state index contributed by atoms with van der Waals surface area (Å²) in [6, 6.07) is 0. The van der Waals surface area contributed by atoms with Gasteiger partial charge in [0.15, 0.2) is 0 Å². The van der Waals surface area contributed by atoms with Crippen LogP contribution in [-0.2, 0) is 0 Å². The summed E-state index contributed by atoms with van der Waals surface area (Å²) >= 11 is 5.11. The van der Waals surface area contributed by atoms with E-state index in [2.05, 4.69) is 41.5 Å². The zero-order chi connectivity index (χ0) is 15.1. The van der Waals surface area contributed by atoms with Gasteiger partial charge in [0, 0.05) is 5.25 Å². The van der Waals surface area contributed by atoms with Crippen LogP contribution in [0.1, 0.15) is 73.6 Å². The standard InChI is InChI=1S/C19H36S/c1-7-15(12(2)3)10-17(20)18-14(6)11-19(18)9-8-16(19)13(4)5/h12-18,20H,7-11H2,1-6H3. The number of rotatable bonds is 6. The molecule has 2 fully saturated rings. The Labute approximate surface area is 132 Å². The molecule has 0 radical (unpaired) electrons. The molecule has 2 aliphatic rings. The van der Waals surface area contributed by atoms with Gasteiger partial charge < -0.3 is 0 Å². The molecule has 0 aromatic rings. The molecule has 2 saturated carbocycles. The van der Waals surface area contributed by atoms with Crippen molar-refractivity contribution < 1.29 is 0 Å². The molecule has 0 aliphatic heterocycles. The second-order valence-electron chi connectivity index (χ2n) is 8.54. The fraction of sp³-hybridized carbons (Fsp3) is 1.00. The molecule has 6 atom stereocenters. The lowest BCUT2D eigenvalue weighted by Crippen LogP contribution is -2.61. The van der Waals surface area contributed by atoms with Crippen molar-refractivity contribution in [2.24, 2.45) is 40.9 Å². The van der Waals surface area contributed by atoms with Crippen LogP contribution in [0.25, 0.3) is 0 Å². The van der Waals surface area contributed by atoms with Crippen LogP contribution in [0.5, 0.6) is 0 Å². The third-order valence-electron chi connectivity index (χ3n) is 6.87. The lowest BCUT2D eigenvalue weighted by Gasteiger charge is -2.67. The van der Waals surface area contributed by atoms with Crippen LogP contribution >= 0.6 is 12.6 Å². The maximum atomic E-state index is 5.11. The van der Waals surface area contributed by atoms with E-state index in [9.17, 15) is 0 Å². The van der Waals surface area contributed by atoms with Crippen LogP contribution in [0.4, 0.5) is 0 Å². The normalized spacial score (nSPS) is 39.8. The molecule has 6 unspecified atom stereocenters. The first-order valence-corrected chi connectivity index (χ1v) is 9.53. The van der Waals surface area contributed by atoms with Crippen LogP contribution in [0.3, 0.4) is 0 Å². The van der Waals surface area contributed by atoms with Gasteiger partial charge in [-0.05, 0) is 66.6 Å². The second-order valence-corrected chi connectivity index (χ2v) is 9.21. The van der Waals surface area contributed by atoms with Crippen molar-refractivity contribution in [2.75, 3.05) is 0 Å². The highest BCUT2D eigenvalue weighted by Gasteiger charge is 2.62. The number of hydrogen-bond acceptors (Lipinski definition) is 1. The molecule has 0 aromatic heterocycles. The lowest BCUT2D eigenvalue weighted by atomic mass is 9.38. The summed E-state index contributed by atoms with van der Waals surface area (Å²) in [6.45, 7) is 14.5. The Morgan fingerprint density at radius 2 is 1.85 bits per heavy atom. The maximum absolute atomic E-state index is 5.11. The van der Waals surface area contributed by atoms with Gasteiger partial charge in [0.05, 0.1) is 0 Å². The quantitative estimate of drug-likeness (QED) is 0.565. The first kappa shape index (κ1) is 16.7. The number of thiol groups is 1. The molecular weight excluding hydrogens is 260 g/mol. The molecule has 0 N–H and O–H groups in total. The summed E-state index contributed by atoms with van der Waals surface area (Å²) in [7, 11) is 0. The minimum atomic E-state index is 0.632. The SMILES string of the molecule is CCC(CC(S)C1C(C)CC12CCC2C(C)C)C(C)C. The summed E-state index contributed by atoms with van der Waals surface area (Å²) in [5.41, 5.74) is 0.690. The van der Waals surface area contributed by atoms with E-state index in [1.54, 1.807) is 0 Å². The van der Waals surface area contributed by atoms with Gasteiger partial charge in [0.1, 0.15) is 0 Å². The molecule has 20 heavy (non-hydrogen) atoms. The van der Waals surface area contributed by atoms with Crippen LogP contribution in [-0.4, -0.2) is 5.25 Å². The van der Waals surface area contributed by atoms with E-state index in [0.29, 0.717) is 10.7 Å². The van der Waals surface area contributed by atoms with E-state index >= 15 is 0 Å². The van der Waals surface area contributed by atoms with Gasteiger partial charge in [-0.1, -0.05) is 48.0 Å². The Kier molecular flexibility index (Phi) is 5.20. The molecule has 2 rings (SSSR count). The largest absolute Gasteiger partial charge is 0.176 e. The highest BCUT2D eigenvalue weighted by Crippen LogP contribution is 2.69. The fourth-order valence-electron chi connectivity index (χ4n) is 5.74. The topological polar surface area (TPSA) is 0 Å². The average Bonchev–Trinajstić information content (AvgIpc) is 2.29. The van der Waals surface area contributed by atoms with Crippen LogP contribution in [0.15, 0.2) is 0 Å². The molecule has 0 heterocycles. The fourth-order valence-corrected chi connectivity index (χ4v) is 6.61. The van der Waals surface area contributed by atoms with E-state index in [1.165, 1.54) is 32.1 Å². The van der Waals surface area contributed by atoms with E-state index < -0.39 is 0 Å². The Morgan fingerprint density at radius 1 is 1.20 bits per heavy atom. The van der Waals surface area contributed by atoms with Crippen molar-refractivity contribution in [3.05, 3.63) is 0 Å². The Balaban J connectivity index is 2.03. The summed E-state index contributed by atoms with van der Waals surface area (Å²) in [6.07, 6.45) is 7.09. The van der Waals surface area contributed by atoms with Crippen molar-refractivity contribution in [1.82, 2.24) is 0 Å². The Morgan fingerprint density at radius 3 is 2.20 bits per heavy atom. The lowest BCUT2D eigenvalue weighted by molar-refractivity contribution is -0.168. The van der Waals surface area contributed by atoms with E-state index in [1.807, 2.05) is 0 Å². The van der Waals surface area contributed by atoms with Gasteiger partial charge in [0.2, 0.25) is 0 Å². The number of hydrogen-bond donors (Lipinski definition) is 1. The van der Waals surface area contributed by atoms with Gasteiger partial charge in [0.25, 0.3) is 0 Å². The third kappa shape index (κ3) is 2.69. The average molecular weight is 297 g/mol. The molecule has 1 heteroatoms. The van der Waals surface area contributed by atoms with Crippen LogP contribution < -0.4 is 0 Å². The Bertz CT molecular complexity index is 322. The molecule has 0 bridgehead atoms. The van der Waals surface area contributed by atoms with Crippen molar-refractivity contribution in [2.45, 2.75) is 78.9 Å². The van der Waals surface area contributed by atoms with E-state index in [0.717, 1.165) is 35.5 Å². The molecule has 0 saturated heterocycles. The molecule has 118 valence electrons. The van der Waals surface area contributed by atoms with E-state index in [-0.39, 0.29) is 0 Å². The minimum Gasteiger partial charge on any atom is -0.176 e. The zero-order valence-electron chi connectivity index (χ0n) is 14.5. The zero-order valence-corrected chi connectivity index (χ0v) is 15.4. The summed E-state index contributed by atoms with van der Waals surface area (Å²) in [5.74, 6) is 5.32. The molecular formula is C19H36S. The summed E-state index contributed by atoms with van der Waals surface area (Å²) < 4.78 is 0. The van der Waals surface area contributed by atoms with Crippen molar-refractivity contribution >= 4 is 12.6 Å². The van der Waals surface area contributed by atoms with Crippen molar-refractivity contribution in [3.63, 3.8) is 0 Å². The maximum Gasteiger partial charge on any atom is 0.00557 e. The predicted molar refractivity (Wildman–Crippen MR) is 93.3 cm³/mol. The third-order valence-corrected chi connectivity index (χ3v) is 7.40. The molecule has 1 spiro atoms. The second kappa shape index (κ2) is 6.23. The smallest absolute Gasteiger partial charge is 0.00557 e. The molecule has 0 aromatic carbocycles. The first-order chi connectivity index (χ1) is 9.33. The summed E-state index contributed by atoms with van der Waals surface area (Å²) in [5, 5.41) is 0.632. The first-order valence-electron chi connectivity index (χ1n) is 9.01. The van der Waals surface area contributed by atoms with Crippen LogP contribution in [0.2, 0.25) is 0 Å². The Hall–Kier alpha value is 0.350. The predicted octanol–water partition coefficient (Wildman–Crippen LogP) is 6.07. The van der Waals surface area contributed by atoms with E-state index in [4.69, 9.17) is 12.6 Å². The van der Waals surface area contributed by atoms with Gasteiger partial charge in [-0.3, -0.25) is 0 Å². The monoisotopic (exact) mass is 296 g/mol. The van der Waals surface area contributed by atoms with Gasteiger partial charge in [-0.15, -0.1) is 0 Å². The van der Waals surface area contributed by atoms with Gasteiger partial charge in [-0.25, -0.2) is 0 Å². The highest BCUT2D eigenvalue weighted by atomic mass is 32.1. The summed E-state index contributed by atoms with van der Waals surface area (Å²) in [4.78, 5) is 0. The highest BCUT2D eigenvalue weighted by molar-refractivity contribution is 7.81. The van der Waals surface area contributed by atoms with Gasteiger partial charge in [-0.2, -0.15) is 12.6 Å². The molecule has 0 nitrogen and oxygen atoms in total. The molecule has 0 amide bonds. The molecule has 2 aliphatic carbocycles. The van der Waals surface area contributed by atoms with Crippen molar-refractivity contribution in [3.8, 4) is 0 Å².